The van der Waals surface area contributed by atoms with Crippen molar-refractivity contribution in [1.29, 1.82) is 0 Å². The topological polar surface area (TPSA) is 29.0 Å². The summed E-state index contributed by atoms with van der Waals surface area (Å²) in [6, 6.07) is 0. The summed E-state index contributed by atoms with van der Waals surface area (Å²) >= 11 is 0. The number of rotatable bonds is 6. The first-order valence-electron chi connectivity index (χ1n) is 6.25. The molecule has 0 aliphatic heterocycles. The lowest BCUT2D eigenvalue weighted by Crippen LogP contribution is -2.17. The molecule has 0 radical (unpaired) electrons. The van der Waals surface area contributed by atoms with Crippen molar-refractivity contribution in [1.82, 2.24) is 9.97 Å². The fourth-order valence-electron chi connectivity index (χ4n) is 1.81. The SMILES string of the molecule is CCCC(CC)c1cnc(N(C)CC)cn1. The van der Waals surface area contributed by atoms with Gasteiger partial charge in [-0.3, -0.25) is 4.98 Å². The zero-order valence-corrected chi connectivity index (χ0v) is 10.9. The molecule has 3 nitrogen and oxygen atoms in total. The zero-order valence-electron chi connectivity index (χ0n) is 10.9. The van der Waals surface area contributed by atoms with Crippen LogP contribution in [0.4, 0.5) is 5.82 Å². The van der Waals surface area contributed by atoms with E-state index in [4.69, 9.17) is 0 Å². The van der Waals surface area contributed by atoms with Crippen LogP contribution in [0.15, 0.2) is 12.4 Å². The predicted molar refractivity (Wildman–Crippen MR) is 68.9 cm³/mol. The average molecular weight is 221 g/mol. The highest BCUT2D eigenvalue weighted by Crippen LogP contribution is 2.22. The minimum Gasteiger partial charge on any atom is -0.359 e. The molecule has 0 bridgehead atoms. The van der Waals surface area contributed by atoms with E-state index in [-0.39, 0.29) is 0 Å². The molecule has 1 atom stereocenters. The van der Waals surface area contributed by atoms with Crippen molar-refractivity contribution in [3.63, 3.8) is 0 Å². The Morgan fingerprint density at radius 3 is 2.38 bits per heavy atom. The van der Waals surface area contributed by atoms with Gasteiger partial charge in [-0.25, -0.2) is 4.98 Å². The summed E-state index contributed by atoms with van der Waals surface area (Å²) in [5.41, 5.74) is 1.14. The van der Waals surface area contributed by atoms with Gasteiger partial charge in [-0.2, -0.15) is 0 Å². The minimum atomic E-state index is 0.568. The van der Waals surface area contributed by atoms with Crippen molar-refractivity contribution in [2.75, 3.05) is 18.5 Å². The Hall–Kier alpha value is -1.12. The van der Waals surface area contributed by atoms with E-state index >= 15 is 0 Å². The first kappa shape index (κ1) is 12.9. The van der Waals surface area contributed by atoms with Crippen LogP contribution in [0.3, 0.4) is 0 Å². The molecule has 0 saturated heterocycles. The molecule has 1 heterocycles. The van der Waals surface area contributed by atoms with Crippen LogP contribution in [0, 0.1) is 0 Å². The Kier molecular flexibility index (Phi) is 5.23. The summed E-state index contributed by atoms with van der Waals surface area (Å²) in [5.74, 6) is 1.52. The van der Waals surface area contributed by atoms with Crippen LogP contribution in [0.5, 0.6) is 0 Å². The molecule has 0 aliphatic rings. The molecule has 0 amide bonds. The maximum absolute atomic E-state index is 4.53. The van der Waals surface area contributed by atoms with E-state index in [0.717, 1.165) is 24.5 Å². The van der Waals surface area contributed by atoms with Crippen molar-refractivity contribution in [3.8, 4) is 0 Å². The Bertz CT molecular complexity index is 295. The van der Waals surface area contributed by atoms with Crippen LogP contribution in [0.2, 0.25) is 0 Å². The number of anilines is 1. The normalized spacial score (nSPS) is 12.5. The second-order valence-corrected chi connectivity index (χ2v) is 4.21. The second kappa shape index (κ2) is 6.46. The van der Waals surface area contributed by atoms with Gasteiger partial charge in [0.25, 0.3) is 0 Å². The van der Waals surface area contributed by atoms with Gasteiger partial charge in [0, 0.05) is 19.5 Å². The quantitative estimate of drug-likeness (QED) is 0.738. The molecule has 0 fully saturated rings. The van der Waals surface area contributed by atoms with E-state index in [1.807, 2.05) is 19.4 Å². The molecule has 0 spiro atoms. The lowest BCUT2D eigenvalue weighted by molar-refractivity contribution is 0.578. The summed E-state index contributed by atoms with van der Waals surface area (Å²) in [4.78, 5) is 11.1. The highest BCUT2D eigenvalue weighted by Gasteiger charge is 2.10. The van der Waals surface area contributed by atoms with Crippen LogP contribution in [-0.4, -0.2) is 23.6 Å². The second-order valence-electron chi connectivity index (χ2n) is 4.21. The first-order valence-corrected chi connectivity index (χ1v) is 6.25. The third kappa shape index (κ3) is 3.19. The maximum atomic E-state index is 4.53. The van der Waals surface area contributed by atoms with Gasteiger partial charge in [0.1, 0.15) is 5.82 Å². The summed E-state index contributed by atoms with van der Waals surface area (Å²) in [6.45, 7) is 7.51. The zero-order chi connectivity index (χ0) is 12.0. The monoisotopic (exact) mass is 221 g/mol. The summed E-state index contributed by atoms with van der Waals surface area (Å²) in [5, 5.41) is 0. The third-order valence-electron chi connectivity index (χ3n) is 3.07. The molecule has 0 saturated carbocycles. The Morgan fingerprint density at radius 1 is 1.19 bits per heavy atom. The molecule has 90 valence electrons. The fourth-order valence-corrected chi connectivity index (χ4v) is 1.81. The van der Waals surface area contributed by atoms with Crippen molar-refractivity contribution < 1.29 is 0 Å². The highest BCUT2D eigenvalue weighted by atomic mass is 15.2. The van der Waals surface area contributed by atoms with E-state index in [1.165, 1.54) is 12.8 Å². The molecular formula is C13H23N3. The molecule has 0 N–H and O–H groups in total. The molecule has 0 aromatic carbocycles. The van der Waals surface area contributed by atoms with Crippen LogP contribution in [0.25, 0.3) is 0 Å². The number of aromatic nitrogens is 2. The average Bonchev–Trinajstić information content (AvgIpc) is 2.35. The number of hydrogen-bond donors (Lipinski definition) is 0. The van der Waals surface area contributed by atoms with Gasteiger partial charge < -0.3 is 4.90 Å². The summed E-state index contributed by atoms with van der Waals surface area (Å²) < 4.78 is 0. The molecule has 1 unspecified atom stereocenters. The molecule has 1 rings (SSSR count). The molecular weight excluding hydrogens is 198 g/mol. The molecule has 0 aliphatic carbocycles. The lowest BCUT2D eigenvalue weighted by Gasteiger charge is -2.17. The first-order chi connectivity index (χ1) is 7.72. The van der Waals surface area contributed by atoms with Gasteiger partial charge in [0.2, 0.25) is 0 Å². The van der Waals surface area contributed by atoms with Gasteiger partial charge in [-0.15, -0.1) is 0 Å². The smallest absolute Gasteiger partial charge is 0.146 e. The fraction of sp³-hybridized carbons (Fsp3) is 0.692. The third-order valence-corrected chi connectivity index (χ3v) is 3.07. The van der Waals surface area contributed by atoms with Crippen LogP contribution < -0.4 is 4.90 Å². The van der Waals surface area contributed by atoms with Crippen LogP contribution in [0.1, 0.15) is 51.6 Å². The highest BCUT2D eigenvalue weighted by molar-refractivity contribution is 5.34. The van der Waals surface area contributed by atoms with Crippen LogP contribution in [-0.2, 0) is 0 Å². The van der Waals surface area contributed by atoms with Gasteiger partial charge >= 0.3 is 0 Å². The van der Waals surface area contributed by atoms with E-state index in [1.54, 1.807) is 0 Å². The molecule has 1 aromatic rings. The van der Waals surface area contributed by atoms with Crippen molar-refractivity contribution in [2.45, 2.75) is 46.0 Å². The largest absolute Gasteiger partial charge is 0.359 e. The van der Waals surface area contributed by atoms with Gasteiger partial charge in [0.15, 0.2) is 0 Å². The summed E-state index contributed by atoms with van der Waals surface area (Å²) in [6.07, 6.45) is 7.37. The van der Waals surface area contributed by atoms with E-state index in [9.17, 15) is 0 Å². The van der Waals surface area contributed by atoms with Gasteiger partial charge in [-0.05, 0) is 19.8 Å². The van der Waals surface area contributed by atoms with Crippen molar-refractivity contribution >= 4 is 5.82 Å². The standard InChI is InChI=1S/C13H23N3/c1-5-8-11(6-2)12-9-15-13(10-14-12)16(4)7-3/h9-11H,5-8H2,1-4H3. The van der Waals surface area contributed by atoms with Crippen LogP contribution >= 0.6 is 0 Å². The Balaban J connectivity index is 2.76. The Labute approximate surface area is 98.9 Å². The summed E-state index contributed by atoms with van der Waals surface area (Å²) in [7, 11) is 2.03. The molecule has 3 heteroatoms. The molecule has 1 aromatic heterocycles. The Morgan fingerprint density at radius 2 is 1.94 bits per heavy atom. The van der Waals surface area contributed by atoms with Gasteiger partial charge in [0.05, 0.1) is 18.1 Å². The predicted octanol–water partition coefficient (Wildman–Crippen LogP) is 3.23. The van der Waals surface area contributed by atoms with Crippen molar-refractivity contribution in [3.05, 3.63) is 18.1 Å². The lowest BCUT2D eigenvalue weighted by atomic mass is 9.97. The maximum Gasteiger partial charge on any atom is 0.146 e. The van der Waals surface area contributed by atoms with E-state index in [0.29, 0.717) is 5.92 Å². The molecule has 16 heavy (non-hydrogen) atoms. The van der Waals surface area contributed by atoms with E-state index < -0.39 is 0 Å². The number of nitrogens with zero attached hydrogens (tertiary/aromatic N) is 3. The minimum absolute atomic E-state index is 0.568. The van der Waals surface area contributed by atoms with Crippen molar-refractivity contribution in [2.24, 2.45) is 0 Å². The van der Waals surface area contributed by atoms with Gasteiger partial charge in [-0.1, -0.05) is 20.3 Å². The van der Waals surface area contributed by atoms with E-state index in [2.05, 4.69) is 35.6 Å². The number of hydrogen-bond acceptors (Lipinski definition) is 3.